The minimum absolute atomic E-state index is 0.00833. The summed E-state index contributed by atoms with van der Waals surface area (Å²) in [4.78, 5) is 23.8. The van der Waals surface area contributed by atoms with Crippen molar-refractivity contribution in [2.75, 3.05) is 6.54 Å². The van der Waals surface area contributed by atoms with Crippen LogP contribution in [0.5, 0.6) is 0 Å². The minimum atomic E-state index is -0.0853. The molecule has 1 aliphatic carbocycles. The van der Waals surface area contributed by atoms with E-state index in [1.807, 2.05) is 0 Å². The molecule has 5 heteroatoms. The molecule has 1 aromatic rings. The zero-order valence-corrected chi connectivity index (χ0v) is 11.3. The summed E-state index contributed by atoms with van der Waals surface area (Å²) < 4.78 is 0. The first-order valence-electron chi connectivity index (χ1n) is 6.22. The van der Waals surface area contributed by atoms with Gasteiger partial charge in [0.25, 0.3) is 5.91 Å². The Labute approximate surface area is 111 Å². The van der Waals surface area contributed by atoms with Crippen molar-refractivity contribution in [2.45, 2.75) is 32.2 Å². The molecule has 2 rings (SSSR count). The highest BCUT2D eigenvalue weighted by atomic mass is 32.1. The molecule has 1 fully saturated rings. The third kappa shape index (κ3) is 2.79. The molecule has 2 atom stereocenters. The summed E-state index contributed by atoms with van der Waals surface area (Å²) in [5, 5.41) is 4.76. The molecular weight excluding hydrogens is 248 g/mol. The van der Waals surface area contributed by atoms with Crippen molar-refractivity contribution in [1.29, 1.82) is 0 Å². The van der Waals surface area contributed by atoms with Crippen LogP contribution >= 0.6 is 11.3 Å². The van der Waals surface area contributed by atoms with Crippen LogP contribution in [-0.2, 0) is 0 Å². The topological polar surface area (TPSA) is 72.2 Å². The lowest BCUT2D eigenvalue weighted by molar-refractivity contribution is 0.0933. The number of rotatable bonds is 4. The molecule has 0 bridgehead atoms. The van der Waals surface area contributed by atoms with Gasteiger partial charge in [-0.3, -0.25) is 9.59 Å². The highest BCUT2D eigenvalue weighted by Gasteiger charge is 2.27. The van der Waals surface area contributed by atoms with Gasteiger partial charge in [0.2, 0.25) is 0 Å². The molecule has 1 saturated carbocycles. The number of carbonyl (C=O) groups is 2. The predicted octanol–water partition coefficient (Wildman–Crippen LogP) is 1.81. The second kappa shape index (κ2) is 5.63. The molecule has 0 radical (unpaired) electrons. The lowest BCUT2D eigenvalue weighted by Crippen LogP contribution is -2.39. The number of nitrogens with one attached hydrogen (secondary N) is 1. The summed E-state index contributed by atoms with van der Waals surface area (Å²) in [5.41, 5.74) is 6.29. The Morgan fingerprint density at radius 3 is 2.89 bits per heavy atom. The van der Waals surface area contributed by atoms with Gasteiger partial charge in [0.05, 0.1) is 4.88 Å². The summed E-state index contributed by atoms with van der Waals surface area (Å²) in [6.07, 6.45) is 3.21. The van der Waals surface area contributed by atoms with Gasteiger partial charge >= 0.3 is 0 Å². The minimum Gasteiger partial charge on any atom is -0.348 e. The molecule has 98 valence electrons. The third-order valence-corrected chi connectivity index (χ3v) is 4.44. The van der Waals surface area contributed by atoms with E-state index in [0.29, 0.717) is 22.9 Å². The Morgan fingerprint density at radius 1 is 1.50 bits per heavy atom. The van der Waals surface area contributed by atoms with Gasteiger partial charge in [0.15, 0.2) is 5.78 Å². The standard InChI is InChI=1S/C13H18N2O2S/c1-8(16)10-5-12(18-7-10)13(17)15-11-4-2-3-9(11)6-14/h5,7,9,11H,2-4,6,14H2,1H3,(H,15,17). The van der Waals surface area contributed by atoms with Crippen LogP contribution in [0.3, 0.4) is 0 Å². The van der Waals surface area contributed by atoms with Crippen molar-refractivity contribution in [3.05, 3.63) is 21.9 Å². The SMILES string of the molecule is CC(=O)c1csc(C(=O)NC2CCCC2CN)c1. The average Bonchev–Trinajstić information content (AvgIpc) is 2.96. The van der Waals surface area contributed by atoms with Gasteiger partial charge in [-0.25, -0.2) is 0 Å². The number of hydrogen-bond donors (Lipinski definition) is 2. The highest BCUT2D eigenvalue weighted by Crippen LogP contribution is 2.25. The third-order valence-electron chi connectivity index (χ3n) is 3.51. The van der Waals surface area contributed by atoms with Gasteiger partial charge in [-0.15, -0.1) is 11.3 Å². The molecule has 4 nitrogen and oxygen atoms in total. The largest absolute Gasteiger partial charge is 0.348 e. The molecule has 0 saturated heterocycles. The van der Waals surface area contributed by atoms with Crippen molar-refractivity contribution in [3.8, 4) is 0 Å². The number of hydrogen-bond acceptors (Lipinski definition) is 4. The molecule has 18 heavy (non-hydrogen) atoms. The van der Waals surface area contributed by atoms with Crippen molar-refractivity contribution in [2.24, 2.45) is 11.7 Å². The molecule has 0 aliphatic heterocycles. The van der Waals surface area contributed by atoms with Gasteiger partial charge < -0.3 is 11.1 Å². The number of thiophene rings is 1. The van der Waals surface area contributed by atoms with Crippen LogP contribution in [-0.4, -0.2) is 24.3 Å². The van der Waals surface area contributed by atoms with E-state index in [-0.39, 0.29) is 17.7 Å². The van der Waals surface area contributed by atoms with Crippen LogP contribution in [0.25, 0.3) is 0 Å². The van der Waals surface area contributed by atoms with Gasteiger partial charge in [0, 0.05) is 17.0 Å². The molecule has 1 aliphatic rings. The summed E-state index contributed by atoms with van der Waals surface area (Å²) >= 11 is 1.31. The second-order valence-corrected chi connectivity index (χ2v) is 5.67. The second-order valence-electron chi connectivity index (χ2n) is 4.76. The van der Waals surface area contributed by atoms with Crippen molar-refractivity contribution in [3.63, 3.8) is 0 Å². The first-order valence-corrected chi connectivity index (χ1v) is 7.10. The van der Waals surface area contributed by atoms with Crippen LogP contribution in [0.4, 0.5) is 0 Å². The fraction of sp³-hybridized carbons (Fsp3) is 0.538. The van der Waals surface area contributed by atoms with E-state index in [2.05, 4.69) is 5.32 Å². The van der Waals surface area contributed by atoms with Crippen LogP contribution in [0.2, 0.25) is 0 Å². The monoisotopic (exact) mass is 266 g/mol. The van der Waals surface area contributed by atoms with Gasteiger partial charge in [-0.1, -0.05) is 6.42 Å². The average molecular weight is 266 g/mol. The maximum Gasteiger partial charge on any atom is 0.261 e. The van der Waals surface area contributed by atoms with Crippen molar-refractivity contribution >= 4 is 23.0 Å². The molecule has 2 unspecified atom stereocenters. The van der Waals surface area contributed by atoms with Crippen molar-refractivity contribution in [1.82, 2.24) is 5.32 Å². The maximum atomic E-state index is 12.0. The fourth-order valence-electron chi connectivity index (χ4n) is 2.39. The molecular formula is C13H18N2O2S. The van der Waals surface area contributed by atoms with Crippen LogP contribution in [0, 0.1) is 5.92 Å². The summed E-state index contributed by atoms with van der Waals surface area (Å²) in [7, 11) is 0. The fourth-order valence-corrected chi connectivity index (χ4v) is 3.24. The number of amides is 1. The smallest absolute Gasteiger partial charge is 0.261 e. The van der Waals surface area contributed by atoms with E-state index in [1.54, 1.807) is 11.4 Å². The molecule has 1 heterocycles. The van der Waals surface area contributed by atoms with Crippen LogP contribution in [0.1, 0.15) is 46.2 Å². The Kier molecular flexibility index (Phi) is 4.14. The van der Waals surface area contributed by atoms with Crippen LogP contribution < -0.4 is 11.1 Å². The predicted molar refractivity (Wildman–Crippen MR) is 72.0 cm³/mol. The Hall–Kier alpha value is -1.20. The van der Waals surface area contributed by atoms with E-state index >= 15 is 0 Å². The Morgan fingerprint density at radius 2 is 2.28 bits per heavy atom. The normalized spacial score (nSPS) is 23.0. The number of Topliss-reactive ketones (excluding diaryl/α,β-unsaturated/α-hetero) is 1. The number of ketones is 1. The molecule has 1 aromatic heterocycles. The lowest BCUT2D eigenvalue weighted by Gasteiger charge is -2.18. The zero-order chi connectivity index (χ0) is 13.1. The molecule has 3 N–H and O–H groups in total. The first kappa shape index (κ1) is 13.2. The van der Waals surface area contributed by atoms with Gasteiger partial charge in [0.1, 0.15) is 0 Å². The van der Waals surface area contributed by atoms with Crippen molar-refractivity contribution < 1.29 is 9.59 Å². The Bertz CT molecular complexity index is 456. The van der Waals surface area contributed by atoms with Gasteiger partial charge in [-0.2, -0.15) is 0 Å². The van der Waals surface area contributed by atoms with E-state index in [4.69, 9.17) is 5.73 Å². The maximum absolute atomic E-state index is 12.0. The van der Waals surface area contributed by atoms with Crippen LogP contribution in [0.15, 0.2) is 11.4 Å². The molecule has 0 spiro atoms. The van der Waals surface area contributed by atoms with E-state index in [1.165, 1.54) is 18.3 Å². The van der Waals surface area contributed by atoms with E-state index in [0.717, 1.165) is 19.3 Å². The molecule has 0 aromatic carbocycles. The number of nitrogens with two attached hydrogens (primary N) is 1. The Balaban J connectivity index is 2.00. The first-order chi connectivity index (χ1) is 8.61. The summed E-state index contributed by atoms with van der Waals surface area (Å²) in [6, 6.07) is 1.85. The number of carbonyl (C=O) groups excluding carboxylic acids is 2. The zero-order valence-electron chi connectivity index (χ0n) is 10.4. The quantitative estimate of drug-likeness (QED) is 0.816. The lowest BCUT2D eigenvalue weighted by atomic mass is 10.0. The van der Waals surface area contributed by atoms with Gasteiger partial charge in [-0.05, 0) is 38.3 Å². The summed E-state index contributed by atoms with van der Waals surface area (Å²) in [5.74, 6) is 0.296. The highest BCUT2D eigenvalue weighted by molar-refractivity contribution is 7.12. The summed E-state index contributed by atoms with van der Waals surface area (Å²) in [6.45, 7) is 2.12. The molecule has 1 amide bonds. The van der Waals surface area contributed by atoms with E-state index < -0.39 is 0 Å². The van der Waals surface area contributed by atoms with E-state index in [9.17, 15) is 9.59 Å².